The van der Waals surface area contributed by atoms with Crippen molar-refractivity contribution < 1.29 is 0 Å². The summed E-state index contributed by atoms with van der Waals surface area (Å²) in [6.45, 7) is 0. The normalized spacial score (nSPS) is 11.6. The minimum atomic E-state index is 1.04. The molecule has 6 aromatic carbocycles. The minimum Gasteiger partial charge on any atom is -0.355 e. The maximum Gasteiger partial charge on any atom is 0.124 e. The summed E-state index contributed by atoms with van der Waals surface area (Å²) in [6.07, 6.45) is 0. The monoisotopic (exact) mass is 517 g/mol. The molecule has 1 N–H and O–H groups in total. The summed E-state index contributed by atoms with van der Waals surface area (Å²) in [5, 5.41) is 9.65. The second-order valence-corrected chi connectivity index (χ2v) is 10.8. The summed E-state index contributed by atoms with van der Waals surface area (Å²) in [4.78, 5) is 4.94. The van der Waals surface area contributed by atoms with Crippen molar-refractivity contribution in [3.05, 3.63) is 133 Å². The Bertz CT molecular complexity index is 2080. The molecule has 0 fully saturated rings. The van der Waals surface area contributed by atoms with Gasteiger partial charge in [-0.05, 0) is 77.5 Å². The van der Waals surface area contributed by atoms with E-state index < -0.39 is 0 Å². The predicted molar refractivity (Wildman–Crippen MR) is 167 cm³/mol. The van der Waals surface area contributed by atoms with Gasteiger partial charge in [-0.1, -0.05) is 66.7 Å². The fraction of sp³-hybridized carbons (Fsp3) is 0. The molecule has 184 valence electrons. The topological polar surface area (TPSA) is 29.9 Å². The molecule has 2 heterocycles. The van der Waals surface area contributed by atoms with Crippen molar-refractivity contribution in [2.45, 2.75) is 0 Å². The number of benzene rings is 6. The minimum absolute atomic E-state index is 1.04. The maximum atomic E-state index is 4.94. The lowest BCUT2D eigenvalue weighted by molar-refractivity contribution is 1.18. The van der Waals surface area contributed by atoms with Crippen molar-refractivity contribution >= 4 is 65.5 Å². The van der Waals surface area contributed by atoms with E-state index in [1.807, 2.05) is 0 Å². The van der Waals surface area contributed by atoms with Gasteiger partial charge in [0.05, 0.1) is 21.3 Å². The fourth-order valence-electron chi connectivity index (χ4n) is 5.50. The third-order valence-electron chi connectivity index (χ3n) is 7.36. The number of aromatic nitrogens is 2. The van der Waals surface area contributed by atoms with Crippen molar-refractivity contribution in [1.29, 1.82) is 0 Å². The second-order valence-electron chi connectivity index (χ2n) is 9.81. The molecule has 0 aliphatic rings. The number of thiazole rings is 1. The molecule has 4 heteroatoms. The number of para-hydroxylation sites is 2. The van der Waals surface area contributed by atoms with Crippen LogP contribution < -0.4 is 5.32 Å². The molecule has 2 aromatic heterocycles. The van der Waals surface area contributed by atoms with E-state index in [2.05, 4.69) is 143 Å². The Morgan fingerprint density at radius 1 is 0.564 bits per heavy atom. The highest BCUT2D eigenvalue weighted by Crippen LogP contribution is 2.36. The maximum absolute atomic E-state index is 4.94. The van der Waals surface area contributed by atoms with Gasteiger partial charge in [0.15, 0.2) is 0 Å². The molecule has 0 saturated heterocycles. The highest BCUT2D eigenvalue weighted by Gasteiger charge is 2.13. The van der Waals surface area contributed by atoms with Crippen LogP contribution in [0.2, 0.25) is 0 Å². The van der Waals surface area contributed by atoms with Crippen LogP contribution in [0.5, 0.6) is 0 Å². The molecule has 0 unspecified atom stereocenters. The number of anilines is 2. The number of nitrogens with one attached hydrogen (secondary N) is 1. The Hall–Kier alpha value is -4.93. The van der Waals surface area contributed by atoms with Crippen molar-refractivity contribution in [3.8, 4) is 16.3 Å². The van der Waals surface area contributed by atoms with Gasteiger partial charge in [0.2, 0.25) is 0 Å². The summed E-state index contributed by atoms with van der Waals surface area (Å²) in [5.41, 5.74) is 7.85. The fourth-order valence-corrected chi connectivity index (χ4v) is 6.50. The summed E-state index contributed by atoms with van der Waals surface area (Å²) >= 11 is 1.74. The molecule has 39 heavy (non-hydrogen) atoms. The van der Waals surface area contributed by atoms with Crippen LogP contribution in [0.25, 0.3) is 59.1 Å². The molecule has 0 atom stereocenters. The van der Waals surface area contributed by atoms with Crippen molar-refractivity contribution in [1.82, 2.24) is 9.55 Å². The summed E-state index contributed by atoms with van der Waals surface area (Å²) in [7, 11) is 0. The van der Waals surface area contributed by atoms with E-state index in [1.54, 1.807) is 11.3 Å². The van der Waals surface area contributed by atoms with Crippen molar-refractivity contribution in [2.75, 3.05) is 5.32 Å². The lowest BCUT2D eigenvalue weighted by Gasteiger charge is -2.10. The van der Waals surface area contributed by atoms with Gasteiger partial charge in [-0.3, -0.25) is 0 Å². The van der Waals surface area contributed by atoms with Gasteiger partial charge >= 0.3 is 0 Å². The van der Waals surface area contributed by atoms with Gasteiger partial charge in [0.1, 0.15) is 5.01 Å². The van der Waals surface area contributed by atoms with E-state index in [1.165, 1.54) is 37.3 Å². The van der Waals surface area contributed by atoms with E-state index in [4.69, 9.17) is 4.98 Å². The molecule has 0 amide bonds. The Morgan fingerprint density at radius 3 is 2.10 bits per heavy atom. The van der Waals surface area contributed by atoms with Crippen LogP contribution in [-0.2, 0) is 0 Å². The molecule has 0 aliphatic heterocycles. The van der Waals surface area contributed by atoms with Crippen LogP contribution in [0.4, 0.5) is 11.4 Å². The number of rotatable bonds is 4. The average Bonchev–Trinajstić information content (AvgIpc) is 3.55. The first kappa shape index (κ1) is 22.1. The smallest absolute Gasteiger partial charge is 0.124 e. The Morgan fingerprint density at radius 2 is 1.26 bits per heavy atom. The first-order valence-corrected chi connectivity index (χ1v) is 13.9. The van der Waals surface area contributed by atoms with E-state index in [9.17, 15) is 0 Å². The zero-order chi connectivity index (χ0) is 25.8. The lowest BCUT2D eigenvalue weighted by Crippen LogP contribution is -1.94. The zero-order valence-electron chi connectivity index (χ0n) is 21.0. The van der Waals surface area contributed by atoms with Gasteiger partial charge in [0.25, 0.3) is 0 Å². The van der Waals surface area contributed by atoms with Gasteiger partial charge in [0, 0.05) is 33.4 Å². The first-order chi connectivity index (χ1) is 19.3. The van der Waals surface area contributed by atoms with Crippen LogP contribution in [0.1, 0.15) is 0 Å². The van der Waals surface area contributed by atoms with Crippen LogP contribution in [-0.4, -0.2) is 9.55 Å². The zero-order valence-corrected chi connectivity index (χ0v) is 21.8. The van der Waals surface area contributed by atoms with Crippen LogP contribution in [0.15, 0.2) is 133 Å². The van der Waals surface area contributed by atoms with E-state index in [0.717, 1.165) is 33.1 Å². The summed E-state index contributed by atoms with van der Waals surface area (Å²) in [6, 6.07) is 47.3. The lowest BCUT2D eigenvalue weighted by atomic mass is 10.1. The first-order valence-electron chi connectivity index (χ1n) is 13.1. The Balaban J connectivity index is 1.14. The van der Waals surface area contributed by atoms with Crippen LogP contribution in [0, 0.1) is 0 Å². The number of nitrogens with zero attached hydrogens (tertiary/aromatic N) is 2. The molecular formula is C35H23N3S. The van der Waals surface area contributed by atoms with Gasteiger partial charge < -0.3 is 9.88 Å². The SMILES string of the molecule is c1ccc(-n2c3ccccc3c3ccc(Nc4ccc(-c5nc6cc7ccccc7cc6s5)cc4)cc32)cc1. The third-order valence-corrected chi connectivity index (χ3v) is 8.43. The Kier molecular flexibility index (Phi) is 5.00. The van der Waals surface area contributed by atoms with Gasteiger partial charge in [-0.2, -0.15) is 0 Å². The molecule has 0 aliphatic carbocycles. The highest BCUT2D eigenvalue weighted by atomic mass is 32.1. The molecular weight excluding hydrogens is 494 g/mol. The molecule has 0 radical (unpaired) electrons. The quantitative estimate of drug-likeness (QED) is 0.252. The van der Waals surface area contributed by atoms with Crippen molar-refractivity contribution in [2.24, 2.45) is 0 Å². The van der Waals surface area contributed by atoms with Crippen LogP contribution in [0.3, 0.4) is 0 Å². The van der Waals surface area contributed by atoms with E-state index in [-0.39, 0.29) is 0 Å². The molecule has 8 rings (SSSR count). The molecule has 3 nitrogen and oxygen atoms in total. The largest absolute Gasteiger partial charge is 0.355 e. The Labute approximate surface area is 229 Å². The second kappa shape index (κ2) is 8.83. The van der Waals surface area contributed by atoms with Gasteiger partial charge in [-0.25, -0.2) is 4.98 Å². The number of hydrogen-bond donors (Lipinski definition) is 1. The van der Waals surface area contributed by atoms with E-state index in [0.29, 0.717) is 0 Å². The van der Waals surface area contributed by atoms with Crippen LogP contribution >= 0.6 is 11.3 Å². The molecule has 8 aromatic rings. The number of hydrogen-bond acceptors (Lipinski definition) is 3. The average molecular weight is 518 g/mol. The highest BCUT2D eigenvalue weighted by molar-refractivity contribution is 7.21. The summed E-state index contributed by atoms with van der Waals surface area (Å²) in [5.74, 6) is 0. The molecule has 0 saturated carbocycles. The molecule has 0 bridgehead atoms. The standard InChI is InChI=1S/C35H23N3S/c1-2-10-28(11-3-1)38-32-13-7-6-12-29(32)30-19-18-27(22-33(30)38)36-26-16-14-23(15-17-26)35-37-31-20-24-8-4-5-9-25(24)21-34(31)39-35/h1-22,36H. The van der Waals surface area contributed by atoms with E-state index >= 15 is 0 Å². The third kappa shape index (κ3) is 3.77. The molecule has 0 spiro atoms. The predicted octanol–water partition coefficient (Wildman–Crippen LogP) is 9.96. The number of fused-ring (bicyclic) bond motifs is 5. The van der Waals surface area contributed by atoms with Crippen molar-refractivity contribution in [3.63, 3.8) is 0 Å². The summed E-state index contributed by atoms with van der Waals surface area (Å²) < 4.78 is 3.56. The van der Waals surface area contributed by atoms with Gasteiger partial charge in [-0.15, -0.1) is 11.3 Å².